The number of carbonyl (C=O) groups is 2. The summed E-state index contributed by atoms with van der Waals surface area (Å²) in [7, 11) is 0. The van der Waals surface area contributed by atoms with E-state index in [1.807, 2.05) is 32.9 Å². The predicted molar refractivity (Wildman–Crippen MR) is 224 cm³/mol. The molecule has 4 N–H and O–H groups in total. The second-order valence-electron chi connectivity index (χ2n) is 14.7. The number of aliphatic hydroxyl groups excluding tert-OH is 2. The fourth-order valence-corrected chi connectivity index (χ4v) is 7.95. The van der Waals surface area contributed by atoms with Gasteiger partial charge in [0.1, 0.15) is 53.8 Å². The Balaban J connectivity index is 0.000000220. The first-order valence-corrected chi connectivity index (χ1v) is 19.2. The van der Waals surface area contributed by atoms with Gasteiger partial charge >= 0.3 is 0 Å². The Labute approximate surface area is 348 Å². The van der Waals surface area contributed by atoms with Crippen molar-refractivity contribution < 1.29 is 38.1 Å². The molecule has 2 aliphatic rings. The third-order valence-electron chi connectivity index (χ3n) is 11.7. The second kappa shape index (κ2) is 18.7. The minimum absolute atomic E-state index is 0. The zero-order chi connectivity index (χ0) is 41.2. The van der Waals surface area contributed by atoms with E-state index in [4.69, 9.17) is 9.47 Å². The van der Waals surface area contributed by atoms with Gasteiger partial charge in [-0.15, -0.1) is 0 Å². The van der Waals surface area contributed by atoms with E-state index in [1.54, 1.807) is 84.2 Å². The number of ether oxygens (including phenoxy) is 2. The minimum Gasteiger partial charge on any atom is -0.393 e. The number of aromatic nitrogens is 6. The number of carbonyl (C=O) groups excluding carboxylic acids is 2. The topological polar surface area (TPSA) is 177 Å². The molecule has 8 rings (SSSR count). The second-order valence-corrected chi connectivity index (χ2v) is 14.7. The van der Waals surface area contributed by atoms with Gasteiger partial charge in [0.05, 0.1) is 30.2 Å². The third-order valence-corrected chi connectivity index (χ3v) is 11.7. The quantitative estimate of drug-likeness (QED) is 0.108. The van der Waals surface area contributed by atoms with Gasteiger partial charge in [0.25, 0.3) is 11.8 Å². The molecule has 0 bridgehead atoms. The van der Waals surface area contributed by atoms with Crippen molar-refractivity contribution in [3.8, 4) is 0 Å². The summed E-state index contributed by atoms with van der Waals surface area (Å²) in [6.07, 6.45) is -0.213. The number of alkyl halides is 2. The average molecular weight is 829 g/mol. The van der Waals surface area contributed by atoms with Crippen molar-refractivity contribution in [2.75, 3.05) is 23.8 Å². The van der Waals surface area contributed by atoms with Crippen molar-refractivity contribution in [1.82, 2.24) is 29.2 Å². The van der Waals surface area contributed by atoms with E-state index in [0.29, 0.717) is 39.4 Å². The molecule has 6 heterocycles. The fraction of sp³-hybridized carbons (Fsp3) is 0.409. The molecule has 2 amide bonds. The van der Waals surface area contributed by atoms with Crippen molar-refractivity contribution in [2.24, 2.45) is 11.8 Å². The van der Waals surface area contributed by atoms with Crippen molar-refractivity contribution in [3.05, 3.63) is 120 Å². The molecule has 2 saturated heterocycles. The highest BCUT2D eigenvalue weighted by Crippen LogP contribution is 2.49. The van der Waals surface area contributed by atoms with Crippen LogP contribution in [0.4, 0.5) is 20.4 Å². The molecule has 0 unspecified atom stereocenters. The van der Waals surface area contributed by atoms with Crippen LogP contribution in [0.2, 0.25) is 0 Å². The molecule has 0 saturated carbocycles. The summed E-state index contributed by atoms with van der Waals surface area (Å²) in [5.41, 5.74) is 1.26. The normalized spacial score (nSPS) is 22.6. The number of nitrogens with zero attached hydrogens (tertiary/aromatic N) is 6. The minimum atomic E-state index is -1.45. The number of benzene rings is 2. The number of halogens is 2. The van der Waals surface area contributed by atoms with Crippen LogP contribution < -0.4 is 10.6 Å². The van der Waals surface area contributed by atoms with E-state index in [1.165, 1.54) is 17.2 Å². The Morgan fingerprint density at radius 2 is 1.03 bits per heavy atom. The average Bonchev–Trinajstić information content (AvgIpc) is 4.02. The summed E-state index contributed by atoms with van der Waals surface area (Å²) in [6, 6.07) is 24.5. The van der Waals surface area contributed by atoms with E-state index in [2.05, 4.69) is 30.8 Å². The first kappa shape index (κ1) is 45.4. The van der Waals surface area contributed by atoms with E-state index >= 15 is 4.39 Å². The highest BCUT2D eigenvalue weighted by molar-refractivity contribution is 6.06. The maximum atomic E-state index is 15.2. The molecule has 0 aliphatic carbocycles. The van der Waals surface area contributed by atoms with Gasteiger partial charge in [-0.3, -0.25) is 9.59 Å². The molecule has 2 fully saturated rings. The molecule has 60 heavy (non-hydrogen) atoms. The number of fused-ring (bicyclic) bond motifs is 2. The van der Waals surface area contributed by atoms with Crippen LogP contribution in [0.1, 0.15) is 99.7 Å². The first-order valence-electron chi connectivity index (χ1n) is 19.2. The van der Waals surface area contributed by atoms with Crippen LogP contribution >= 0.6 is 0 Å². The lowest BCUT2D eigenvalue weighted by Gasteiger charge is -2.30. The number of hydrogen-bond acceptors (Lipinski definition) is 10. The lowest BCUT2D eigenvalue weighted by molar-refractivity contribution is -0.118. The van der Waals surface area contributed by atoms with Gasteiger partial charge in [0.15, 0.2) is 11.6 Å². The number of amides is 2. The molecule has 2 aliphatic heterocycles. The molecule has 6 aromatic rings. The highest BCUT2D eigenvalue weighted by atomic mass is 19.1. The van der Waals surface area contributed by atoms with Gasteiger partial charge < -0.3 is 30.3 Å². The maximum absolute atomic E-state index is 15.2. The van der Waals surface area contributed by atoms with E-state index < -0.39 is 54.9 Å². The van der Waals surface area contributed by atoms with Crippen LogP contribution in [-0.4, -0.2) is 88.0 Å². The van der Waals surface area contributed by atoms with E-state index in [0.717, 1.165) is 12.8 Å². The van der Waals surface area contributed by atoms with Crippen molar-refractivity contribution >= 4 is 34.5 Å². The molecule has 6 atom stereocenters. The van der Waals surface area contributed by atoms with E-state index in [9.17, 15) is 24.2 Å². The smallest absolute Gasteiger partial charge is 0.256 e. The molecule has 0 radical (unpaired) electrons. The zero-order valence-electron chi connectivity index (χ0n) is 32.5. The highest BCUT2D eigenvalue weighted by Gasteiger charge is 2.54. The number of aliphatic hydroxyl groups is 2. The summed E-state index contributed by atoms with van der Waals surface area (Å²) in [5.74, 6) is -0.878. The number of nitrogens with one attached hydrogen (secondary N) is 2. The zero-order valence-corrected chi connectivity index (χ0v) is 32.5. The van der Waals surface area contributed by atoms with Crippen LogP contribution in [-0.2, 0) is 9.47 Å². The molecule has 4 aromatic heterocycles. The van der Waals surface area contributed by atoms with Gasteiger partial charge in [-0.25, -0.2) is 27.8 Å². The van der Waals surface area contributed by atoms with Crippen LogP contribution in [0.5, 0.6) is 0 Å². The lowest BCUT2D eigenvalue weighted by Crippen LogP contribution is -2.43. The van der Waals surface area contributed by atoms with E-state index in [-0.39, 0.29) is 38.4 Å². The van der Waals surface area contributed by atoms with Crippen LogP contribution in [0.25, 0.3) is 11.0 Å². The van der Waals surface area contributed by atoms with Gasteiger partial charge in [0.2, 0.25) is 0 Å². The van der Waals surface area contributed by atoms with Gasteiger partial charge in [0, 0.05) is 23.0 Å². The molecule has 16 heteroatoms. The number of hydrogen-bond donors (Lipinski definition) is 4. The molecule has 320 valence electrons. The molecular weight excluding hydrogens is 775 g/mol. The van der Waals surface area contributed by atoms with Crippen LogP contribution in [0.15, 0.2) is 97.6 Å². The Morgan fingerprint density at radius 3 is 1.38 bits per heavy atom. The predicted octanol–water partition coefficient (Wildman–Crippen LogP) is 7.61. The Hall–Kier alpha value is -5.68. The SMILES string of the molecule is C.C.CCC1(CC)O[C@@H](c2ccc3c(NC(=O)c4ccccc4)ncnn23)[C@H](F)[C@@H]1C.C[C@H]1[C@@H](F)[C@H](c2ccc3c(NC(=O)c4ccccc4)ncnn23)OC1(CO)CO. The summed E-state index contributed by atoms with van der Waals surface area (Å²) in [6.45, 7) is 6.56. The molecule has 2 aromatic carbocycles. The standard InChI is InChI=1S/C22H25FN4O2.C20H21FN4O4.2CH4/c1-4-22(5-2)14(3)18(23)19(29-22)16-11-12-17-20(24-13-25-27(16)17)26-21(28)15-9-7-6-8-10-15;1-12-16(21)17(29-20(12,9-26)10-27)14-7-8-15-18(22-11-23-25(14)15)24-19(28)13-5-3-2-4-6-13;;/h6-14,18-19H,4-5H2,1-3H3,(H,24,25,26,28);2-8,11-12,16-17,26-27H,9-10H2,1H3,(H,22,23,24,28);2*1H4/t14-,18+,19-;12-,16+,17-;;/m00../s1. The first-order chi connectivity index (χ1) is 28.0. The largest absolute Gasteiger partial charge is 0.393 e. The maximum Gasteiger partial charge on any atom is 0.256 e. The van der Waals surface area contributed by atoms with Crippen molar-refractivity contribution in [1.29, 1.82) is 0 Å². The van der Waals surface area contributed by atoms with Crippen LogP contribution in [0, 0.1) is 11.8 Å². The monoisotopic (exact) mass is 828 g/mol. The Morgan fingerprint density at radius 1 is 0.650 bits per heavy atom. The summed E-state index contributed by atoms with van der Waals surface area (Å²) in [4.78, 5) is 33.3. The van der Waals surface area contributed by atoms with Gasteiger partial charge in [-0.2, -0.15) is 10.2 Å². The lowest BCUT2D eigenvalue weighted by atomic mass is 9.83. The van der Waals surface area contributed by atoms with Crippen LogP contribution in [0.3, 0.4) is 0 Å². The molecular formula is C44H54F2N8O6. The van der Waals surface area contributed by atoms with Crippen molar-refractivity contribution in [3.63, 3.8) is 0 Å². The van der Waals surface area contributed by atoms with Gasteiger partial charge in [-0.05, 0) is 61.4 Å². The Bertz CT molecular complexity index is 2200. The molecule has 0 spiro atoms. The summed E-state index contributed by atoms with van der Waals surface area (Å²) in [5, 5.41) is 33.3. The third kappa shape index (κ3) is 8.11. The fourth-order valence-electron chi connectivity index (χ4n) is 7.95. The Kier molecular flexibility index (Phi) is 14.2. The molecule has 14 nitrogen and oxygen atoms in total. The number of rotatable bonds is 10. The van der Waals surface area contributed by atoms with Crippen molar-refractivity contribution in [2.45, 2.75) is 91.1 Å². The summed E-state index contributed by atoms with van der Waals surface area (Å²) >= 11 is 0. The number of anilines is 2. The van der Waals surface area contributed by atoms with Gasteiger partial charge in [-0.1, -0.05) is 78.9 Å². The summed E-state index contributed by atoms with van der Waals surface area (Å²) < 4.78 is 45.3.